The first kappa shape index (κ1) is 14.7. The third-order valence-electron chi connectivity index (χ3n) is 3.23. The van der Waals surface area contributed by atoms with E-state index in [1.54, 1.807) is 0 Å². The molecule has 17 heavy (non-hydrogen) atoms. The summed E-state index contributed by atoms with van der Waals surface area (Å²) in [6.07, 6.45) is 1.28. The van der Waals surface area contributed by atoms with E-state index in [1.165, 1.54) is 16.5 Å². The molecule has 1 nitrogen and oxygen atoms in total. The predicted octanol–water partition coefficient (Wildman–Crippen LogP) is 4.43. The van der Waals surface area contributed by atoms with Crippen molar-refractivity contribution in [1.29, 1.82) is 0 Å². The highest BCUT2D eigenvalue weighted by Gasteiger charge is 2.19. The lowest BCUT2D eigenvalue weighted by atomic mass is 9.82. The van der Waals surface area contributed by atoms with Crippen molar-refractivity contribution in [1.82, 2.24) is 5.32 Å². The number of nitrogens with one attached hydrogen (secondary N) is 1. The van der Waals surface area contributed by atoms with Gasteiger partial charge in [0.25, 0.3) is 0 Å². The Morgan fingerprint density at radius 2 is 1.94 bits per heavy atom. The van der Waals surface area contributed by atoms with Crippen molar-refractivity contribution in [3.8, 4) is 0 Å². The maximum Gasteiger partial charge on any atom is 0.0178 e. The molecule has 0 saturated carbocycles. The van der Waals surface area contributed by atoms with E-state index in [2.05, 4.69) is 66.3 Å². The predicted molar refractivity (Wildman–Crippen MR) is 79.4 cm³/mol. The molecule has 0 amide bonds. The van der Waals surface area contributed by atoms with Crippen molar-refractivity contribution in [2.24, 2.45) is 11.8 Å². The smallest absolute Gasteiger partial charge is 0.0178 e. The SMILES string of the molecule is CNCC(c1cccc(Br)c1)C(C)CC(C)C. The number of rotatable bonds is 6. The van der Waals surface area contributed by atoms with E-state index in [0.29, 0.717) is 11.8 Å². The van der Waals surface area contributed by atoms with Gasteiger partial charge in [-0.1, -0.05) is 48.8 Å². The Kier molecular flexibility index (Phi) is 6.21. The molecule has 0 bridgehead atoms. The number of hydrogen-bond acceptors (Lipinski definition) is 1. The molecule has 1 aromatic rings. The second-order valence-electron chi connectivity index (χ2n) is 5.33. The number of halogens is 1. The summed E-state index contributed by atoms with van der Waals surface area (Å²) < 4.78 is 1.17. The molecule has 2 unspecified atom stereocenters. The van der Waals surface area contributed by atoms with Crippen LogP contribution in [0.2, 0.25) is 0 Å². The molecule has 0 radical (unpaired) electrons. The van der Waals surface area contributed by atoms with Gasteiger partial charge in [0.15, 0.2) is 0 Å². The van der Waals surface area contributed by atoms with Crippen molar-refractivity contribution >= 4 is 15.9 Å². The van der Waals surface area contributed by atoms with Crippen LogP contribution in [0, 0.1) is 11.8 Å². The molecule has 1 N–H and O–H groups in total. The van der Waals surface area contributed by atoms with Gasteiger partial charge in [0.2, 0.25) is 0 Å². The van der Waals surface area contributed by atoms with Crippen LogP contribution in [0.15, 0.2) is 28.7 Å². The van der Waals surface area contributed by atoms with Crippen molar-refractivity contribution in [3.63, 3.8) is 0 Å². The van der Waals surface area contributed by atoms with E-state index in [4.69, 9.17) is 0 Å². The summed E-state index contributed by atoms with van der Waals surface area (Å²) in [6.45, 7) is 8.01. The van der Waals surface area contributed by atoms with Crippen LogP contribution in [0.5, 0.6) is 0 Å². The first-order valence-electron chi connectivity index (χ1n) is 6.44. The second-order valence-corrected chi connectivity index (χ2v) is 6.24. The first-order chi connectivity index (χ1) is 8.04. The van der Waals surface area contributed by atoms with E-state index in [1.807, 2.05) is 7.05 Å². The molecular formula is C15H24BrN. The van der Waals surface area contributed by atoms with E-state index >= 15 is 0 Å². The molecule has 0 aromatic heterocycles. The molecule has 0 saturated heterocycles. The molecular weight excluding hydrogens is 274 g/mol. The van der Waals surface area contributed by atoms with Gasteiger partial charge < -0.3 is 5.32 Å². The van der Waals surface area contributed by atoms with Crippen LogP contribution < -0.4 is 5.32 Å². The fourth-order valence-corrected chi connectivity index (χ4v) is 2.93. The van der Waals surface area contributed by atoms with Gasteiger partial charge in [-0.25, -0.2) is 0 Å². The second kappa shape index (κ2) is 7.17. The van der Waals surface area contributed by atoms with Crippen molar-refractivity contribution in [2.75, 3.05) is 13.6 Å². The highest BCUT2D eigenvalue weighted by molar-refractivity contribution is 9.10. The van der Waals surface area contributed by atoms with Gasteiger partial charge in [-0.15, -0.1) is 0 Å². The fraction of sp³-hybridized carbons (Fsp3) is 0.600. The average Bonchev–Trinajstić information content (AvgIpc) is 2.24. The third-order valence-corrected chi connectivity index (χ3v) is 3.72. The molecule has 2 atom stereocenters. The summed E-state index contributed by atoms with van der Waals surface area (Å²) in [6, 6.07) is 8.71. The highest BCUT2D eigenvalue weighted by atomic mass is 79.9. The summed E-state index contributed by atoms with van der Waals surface area (Å²) in [4.78, 5) is 0. The summed E-state index contributed by atoms with van der Waals surface area (Å²) in [7, 11) is 2.03. The Bertz CT molecular complexity index is 335. The Labute approximate surface area is 114 Å². The zero-order valence-electron chi connectivity index (χ0n) is 11.3. The van der Waals surface area contributed by atoms with Gasteiger partial charge in [-0.2, -0.15) is 0 Å². The zero-order valence-corrected chi connectivity index (χ0v) is 12.9. The molecule has 96 valence electrons. The lowest BCUT2D eigenvalue weighted by Crippen LogP contribution is -2.23. The largest absolute Gasteiger partial charge is 0.319 e. The van der Waals surface area contributed by atoms with Crippen molar-refractivity contribution < 1.29 is 0 Å². The van der Waals surface area contributed by atoms with Gasteiger partial charge in [0.05, 0.1) is 0 Å². The van der Waals surface area contributed by atoms with Gasteiger partial charge >= 0.3 is 0 Å². The van der Waals surface area contributed by atoms with Gasteiger partial charge in [0, 0.05) is 11.0 Å². The van der Waals surface area contributed by atoms with Crippen LogP contribution in [-0.2, 0) is 0 Å². The molecule has 1 aromatic carbocycles. The van der Waals surface area contributed by atoms with Crippen LogP contribution >= 0.6 is 15.9 Å². The minimum Gasteiger partial charge on any atom is -0.319 e. The van der Waals surface area contributed by atoms with Crippen molar-refractivity contribution in [3.05, 3.63) is 34.3 Å². The molecule has 0 heterocycles. The maximum absolute atomic E-state index is 3.56. The highest BCUT2D eigenvalue weighted by Crippen LogP contribution is 2.30. The minimum absolute atomic E-state index is 0.597. The molecule has 0 aliphatic carbocycles. The number of hydrogen-bond donors (Lipinski definition) is 1. The topological polar surface area (TPSA) is 12.0 Å². The number of benzene rings is 1. The first-order valence-corrected chi connectivity index (χ1v) is 7.24. The molecule has 0 fully saturated rings. The van der Waals surface area contributed by atoms with Crippen LogP contribution in [0.1, 0.15) is 38.7 Å². The van der Waals surface area contributed by atoms with E-state index in [-0.39, 0.29) is 0 Å². The Morgan fingerprint density at radius 1 is 1.24 bits per heavy atom. The van der Waals surface area contributed by atoms with E-state index in [9.17, 15) is 0 Å². The quantitative estimate of drug-likeness (QED) is 0.819. The van der Waals surface area contributed by atoms with Gasteiger partial charge in [0.1, 0.15) is 0 Å². The van der Waals surface area contributed by atoms with Crippen molar-refractivity contribution in [2.45, 2.75) is 33.1 Å². The summed E-state index contributed by atoms with van der Waals surface area (Å²) in [5, 5.41) is 3.32. The molecule has 2 heteroatoms. The summed E-state index contributed by atoms with van der Waals surface area (Å²) in [5.74, 6) is 2.06. The molecule has 1 rings (SSSR count). The normalized spacial score (nSPS) is 14.9. The third kappa shape index (κ3) is 4.81. The summed E-state index contributed by atoms with van der Waals surface area (Å²) >= 11 is 3.56. The molecule has 0 aliphatic rings. The molecule has 0 aliphatic heterocycles. The lowest BCUT2D eigenvalue weighted by Gasteiger charge is -2.26. The number of likely N-dealkylation sites (N-methyl/N-ethyl adjacent to an activating group) is 1. The molecule has 0 spiro atoms. The lowest BCUT2D eigenvalue weighted by molar-refractivity contribution is 0.366. The average molecular weight is 298 g/mol. The van der Waals surface area contributed by atoms with E-state index in [0.717, 1.165) is 12.5 Å². The van der Waals surface area contributed by atoms with Crippen LogP contribution in [-0.4, -0.2) is 13.6 Å². The van der Waals surface area contributed by atoms with Gasteiger partial charge in [-0.3, -0.25) is 0 Å². The van der Waals surface area contributed by atoms with Crippen LogP contribution in [0.25, 0.3) is 0 Å². The van der Waals surface area contributed by atoms with Gasteiger partial charge in [-0.05, 0) is 48.9 Å². The fourth-order valence-electron chi connectivity index (χ4n) is 2.51. The Hall–Kier alpha value is -0.340. The van der Waals surface area contributed by atoms with E-state index < -0.39 is 0 Å². The maximum atomic E-state index is 3.56. The standard InChI is InChI=1S/C15H24BrN/c1-11(2)8-12(3)15(10-17-4)13-6-5-7-14(16)9-13/h5-7,9,11-12,15,17H,8,10H2,1-4H3. The minimum atomic E-state index is 0.597. The monoisotopic (exact) mass is 297 g/mol. The van der Waals surface area contributed by atoms with Crippen LogP contribution in [0.4, 0.5) is 0 Å². The summed E-state index contributed by atoms with van der Waals surface area (Å²) in [5.41, 5.74) is 1.43. The van der Waals surface area contributed by atoms with Crippen LogP contribution in [0.3, 0.4) is 0 Å². The Balaban J connectivity index is 2.84. The zero-order chi connectivity index (χ0) is 12.8. The Morgan fingerprint density at radius 3 is 2.47 bits per heavy atom.